The molecule has 0 aromatic heterocycles. The summed E-state index contributed by atoms with van der Waals surface area (Å²) in [6.07, 6.45) is 1.70. The van der Waals surface area contributed by atoms with Crippen LogP contribution in [0, 0.1) is 13.8 Å². The minimum absolute atomic E-state index is 0.418. The van der Waals surface area contributed by atoms with Gasteiger partial charge in [-0.25, -0.2) is 0 Å². The molecule has 0 saturated carbocycles. The second-order valence-corrected chi connectivity index (χ2v) is 8.81. The van der Waals surface area contributed by atoms with Crippen LogP contribution in [0.15, 0.2) is 102 Å². The fourth-order valence-electron chi connectivity index (χ4n) is 3.58. The van der Waals surface area contributed by atoms with Gasteiger partial charge in [0, 0.05) is 5.69 Å². The lowest BCUT2D eigenvalue weighted by Crippen LogP contribution is -2.24. The average molecular weight is 496 g/mol. The van der Waals surface area contributed by atoms with Crippen molar-refractivity contribution < 1.29 is 9.47 Å². The van der Waals surface area contributed by atoms with Crippen LogP contribution in [0.1, 0.15) is 27.8 Å². The molecule has 0 aliphatic heterocycles. The summed E-state index contributed by atoms with van der Waals surface area (Å²) in [4.78, 5) is 0. The van der Waals surface area contributed by atoms with E-state index in [1.54, 1.807) is 6.21 Å². The van der Waals surface area contributed by atoms with Crippen molar-refractivity contribution in [3.8, 4) is 11.5 Å². The summed E-state index contributed by atoms with van der Waals surface area (Å²) in [5.41, 5.74) is 9.17. The van der Waals surface area contributed by atoms with Gasteiger partial charge in [0.2, 0.25) is 0 Å². The predicted molar refractivity (Wildman–Crippen MR) is 151 cm³/mol. The van der Waals surface area contributed by atoms with E-state index in [2.05, 4.69) is 28.8 Å². The average Bonchev–Trinajstić information content (AvgIpc) is 2.89. The molecule has 0 aliphatic carbocycles. The molecular weight excluding hydrogens is 466 g/mol. The van der Waals surface area contributed by atoms with Gasteiger partial charge in [-0.2, -0.15) is 5.10 Å². The number of nitrogens with zero attached hydrogens (tertiary/aromatic N) is 1. The molecule has 0 fully saturated rings. The summed E-state index contributed by atoms with van der Waals surface area (Å²) < 4.78 is 12.2. The monoisotopic (exact) mass is 495 g/mol. The van der Waals surface area contributed by atoms with Crippen molar-refractivity contribution >= 4 is 29.2 Å². The Labute approximate surface area is 217 Å². The first kappa shape index (κ1) is 24.9. The Balaban J connectivity index is 1.43. The quantitative estimate of drug-likeness (QED) is 0.152. The minimum atomic E-state index is 0.418. The molecule has 4 aromatic rings. The number of nitrogens with one attached hydrogen (secondary N) is 2. The third-order valence-electron chi connectivity index (χ3n) is 5.45. The maximum atomic E-state index is 6.14. The van der Waals surface area contributed by atoms with Crippen LogP contribution in [-0.2, 0) is 13.2 Å². The van der Waals surface area contributed by atoms with Crippen molar-refractivity contribution in [3.05, 3.63) is 125 Å². The molecule has 4 aromatic carbocycles. The molecule has 0 radical (unpaired) electrons. The van der Waals surface area contributed by atoms with Crippen LogP contribution in [-0.4, -0.2) is 11.3 Å². The van der Waals surface area contributed by atoms with E-state index < -0.39 is 0 Å². The van der Waals surface area contributed by atoms with Gasteiger partial charge in [0.25, 0.3) is 0 Å². The molecule has 5 nitrogen and oxygen atoms in total. The molecular formula is C30H29N3O2S. The molecule has 0 saturated heterocycles. The lowest BCUT2D eigenvalue weighted by molar-refractivity contribution is 0.256. The normalized spacial score (nSPS) is 10.7. The molecule has 0 amide bonds. The van der Waals surface area contributed by atoms with E-state index >= 15 is 0 Å². The second-order valence-electron chi connectivity index (χ2n) is 8.40. The van der Waals surface area contributed by atoms with Crippen LogP contribution >= 0.6 is 12.2 Å². The number of ether oxygens (including phenoxy) is 2. The van der Waals surface area contributed by atoms with E-state index in [1.807, 2.05) is 97.9 Å². The van der Waals surface area contributed by atoms with Gasteiger partial charge in [-0.1, -0.05) is 78.4 Å². The van der Waals surface area contributed by atoms with Gasteiger partial charge in [-0.3, -0.25) is 5.43 Å². The van der Waals surface area contributed by atoms with Gasteiger partial charge < -0.3 is 14.8 Å². The Morgan fingerprint density at radius 2 is 1.42 bits per heavy atom. The summed E-state index contributed by atoms with van der Waals surface area (Å²) in [7, 11) is 0. The van der Waals surface area contributed by atoms with Crippen molar-refractivity contribution in [1.29, 1.82) is 0 Å². The first-order valence-corrected chi connectivity index (χ1v) is 12.1. The van der Waals surface area contributed by atoms with Gasteiger partial charge >= 0.3 is 0 Å². The molecule has 182 valence electrons. The Bertz CT molecular complexity index is 1320. The lowest BCUT2D eigenvalue weighted by atomic mass is 10.1. The van der Waals surface area contributed by atoms with Crippen molar-refractivity contribution in [1.82, 2.24) is 5.43 Å². The zero-order valence-electron chi connectivity index (χ0n) is 20.4. The number of benzene rings is 4. The van der Waals surface area contributed by atoms with E-state index in [-0.39, 0.29) is 0 Å². The number of hydrazone groups is 1. The number of hydrogen-bond donors (Lipinski definition) is 2. The van der Waals surface area contributed by atoms with Crippen LogP contribution in [0.25, 0.3) is 0 Å². The number of anilines is 1. The fraction of sp³-hybridized carbons (Fsp3) is 0.133. The van der Waals surface area contributed by atoms with Gasteiger partial charge in [-0.05, 0) is 72.6 Å². The maximum absolute atomic E-state index is 6.14. The number of thiocarbonyl (C=S) groups is 1. The predicted octanol–water partition coefficient (Wildman–Crippen LogP) is 6.78. The van der Waals surface area contributed by atoms with Crippen molar-refractivity contribution in [2.75, 3.05) is 5.32 Å². The molecule has 6 heteroatoms. The molecule has 0 atom stereocenters. The molecule has 0 heterocycles. The summed E-state index contributed by atoms with van der Waals surface area (Å²) in [5.74, 6) is 1.32. The summed E-state index contributed by atoms with van der Waals surface area (Å²) in [5, 5.41) is 7.89. The first-order valence-electron chi connectivity index (χ1n) is 11.7. The topological polar surface area (TPSA) is 54.9 Å². The van der Waals surface area contributed by atoms with Crippen LogP contribution in [0.2, 0.25) is 0 Å². The Morgan fingerprint density at radius 3 is 2.06 bits per heavy atom. The number of rotatable bonds is 9. The van der Waals surface area contributed by atoms with Gasteiger partial charge in [0.05, 0.1) is 6.21 Å². The SMILES string of the molecule is Cc1ccc(NC(=S)NN=Cc2ccc(OCc3ccccc3)c(OCc3ccccc3)c2)c(C)c1. The van der Waals surface area contributed by atoms with E-state index in [0.717, 1.165) is 27.9 Å². The highest BCUT2D eigenvalue weighted by Crippen LogP contribution is 2.29. The van der Waals surface area contributed by atoms with Crippen LogP contribution < -0.4 is 20.2 Å². The molecule has 2 N–H and O–H groups in total. The molecule has 0 spiro atoms. The van der Waals surface area contributed by atoms with E-state index in [4.69, 9.17) is 21.7 Å². The van der Waals surface area contributed by atoms with E-state index in [9.17, 15) is 0 Å². The maximum Gasteiger partial charge on any atom is 0.191 e. The van der Waals surface area contributed by atoms with Crippen LogP contribution in [0.5, 0.6) is 11.5 Å². The smallest absolute Gasteiger partial charge is 0.191 e. The highest BCUT2D eigenvalue weighted by molar-refractivity contribution is 7.80. The molecule has 0 bridgehead atoms. The Kier molecular flexibility index (Phi) is 8.67. The van der Waals surface area contributed by atoms with Crippen LogP contribution in [0.4, 0.5) is 5.69 Å². The third kappa shape index (κ3) is 7.42. The fourth-order valence-corrected chi connectivity index (χ4v) is 3.74. The number of hydrogen-bond acceptors (Lipinski definition) is 4. The Hall–Kier alpha value is -4.16. The van der Waals surface area contributed by atoms with E-state index in [0.29, 0.717) is 29.8 Å². The van der Waals surface area contributed by atoms with Crippen molar-refractivity contribution in [3.63, 3.8) is 0 Å². The largest absolute Gasteiger partial charge is 0.485 e. The summed E-state index contributed by atoms with van der Waals surface area (Å²) in [6.45, 7) is 4.99. The van der Waals surface area contributed by atoms with Crippen LogP contribution in [0.3, 0.4) is 0 Å². The van der Waals surface area contributed by atoms with Gasteiger partial charge in [0.15, 0.2) is 16.6 Å². The summed E-state index contributed by atoms with van der Waals surface area (Å²) in [6, 6.07) is 32.0. The van der Waals surface area contributed by atoms with Crippen molar-refractivity contribution in [2.24, 2.45) is 5.10 Å². The number of aryl methyl sites for hydroxylation is 2. The molecule has 4 rings (SSSR count). The minimum Gasteiger partial charge on any atom is -0.485 e. The highest BCUT2D eigenvalue weighted by atomic mass is 32.1. The van der Waals surface area contributed by atoms with Gasteiger partial charge in [-0.15, -0.1) is 0 Å². The third-order valence-corrected chi connectivity index (χ3v) is 5.65. The molecule has 0 unspecified atom stereocenters. The first-order chi connectivity index (χ1) is 17.6. The second kappa shape index (κ2) is 12.5. The lowest BCUT2D eigenvalue weighted by Gasteiger charge is -2.14. The molecule has 0 aliphatic rings. The molecule has 36 heavy (non-hydrogen) atoms. The zero-order valence-corrected chi connectivity index (χ0v) is 21.2. The van der Waals surface area contributed by atoms with Crippen molar-refractivity contribution in [2.45, 2.75) is 27.1 Å². The highest BCUT2D eigenvalue weighted by Gasteiger charge is 2.08. The summed E-state index contributed by atoms with van der Waals surface area (Å²) >= 11 is 5.39. The van der Waals surface area contributed by atoms with Gasteiger partial charge in [0.1, 0.15) is 13.2 Å². The standard InChI is InChI=1S/C30H29N3O2S/c1-22-13-15-27(23(2)17-22)32-30(36)33-31-19-26-14-16-28(34-20-24-9-5-3-6-10-24)29(18-26)35-21-25-11-7-4-8-12-25/h3-19H,20-21H2,1-2H3,(H2,32,33,36). The zero-order chi connectivity index (χ0) is 25.2. The van der Waals surface area contributed by atoms with E-state index in [1.165, 1.54) is 5.56 Å². The Morgan fingerprint density at radius 1 is 0.778 bits per heavy atom.